The van der Waals surface area contributed by atoms with Gasteiger partial charge in [0.25, 0.3) is 5.56 Å². The molecule has 2 rings (SSSR count). The van der Waals surface area contributed by atoms with Crippen LogP contribution in [0.2, 0.25) is 5.02 Å². The molecule has 0 saturated carbocycles. The van der Waals surface area contributed by atoms with E-state index in [4.69, 9.17) is 17.3 Å². The van der Waals surface area contributed by atoms with Crippen molar-refractivity contribution in [2.75, 3.05) is 11.1 Å². The molecule has 0 radical (unpaired) electrons. The number of carbonyl (C=O) groups is 1. The van der Waals surface area contributed by atoms with Gasteiger partial charge in [-0.1, -0.05) is 11.6 Å². The zero-order chi connectivity index (χ0) is 15.6. The maximum absolute atomic E-state index is 12.0. The van der Waals surface area contributed by atoms with Crippen LogP contribution in [0.25, 0.3) is 0 Å². The van der Waals surface area contributed by atoms with Gasteiger partial charge in [0, 0.05) is 21.9 Å². The van der Waals surface area contributed by atoms with Crippen molar-refractivity contribution >= 4 is 44.8 Å². The third kappa shape index (κ3) is 3.86. The van der Waals surface area contributed by atoms with Gasteiger partial charge in [-0.3, -0.25) is 9.59 Å². The van der Waals surface area contributed by atoms with Crippen molar-refractivity contribution in [2.24, 2.45) is 0 Å². The van der Waals surface area contributed by atoms with E-state index in [1.54, 1.807) is 37.4 Å². The van der Waals surface area contributed by atoms with E-state index in [1.807, 2.05) is 0 Å². The van der Waals surface area contributed by atoms with Crippen LogP contribution in [0.5, 0.6) is 0 Å². The van der Waals surface area contributed by atoms with Crippen LogP contribution >= 0.6 is 27.5 Å². The fraction of sp³-hybridized carbons (Fsp3) is 0.143. The minimum Gasteiger partial charge on any atom is -0.399 e. The number of aryl methyl sites for hydroxylation is 1. The van der Waals surface area contributed by atoms with Crippen molar-refractivity contribution < 1.29 is 4.79 Å². The number of amides is 1. The largest absolute Gasteiger partial charge is 0.399 e. The van der Waals surface area contributed by atoms with Gasteiger partial charge in [0.2, 0.25) is 5.91 Å². The van der Waals surface area contributed by atoms with E-state index in [2.05, 4.69) is 21.2 Å². The fourth-order valence-electron chi connectivity index (χ4n) is 1.84. The average molecular weight is 371 g/mol. The van der Waals surface area contributed by atoms with E-state index < -0.39 is 0 Å². The van der Waals surface area contributed by atoms with Gasteiger partial charge in [0.15, 0.2) is 0 Å². The molecule has 3 N–H and O–H groups in total. The highest BCUT2D eigenvalue weighted by Crippen LogP contribution is 2.24. The van der Waals surface area contributed by atoms with Crippen molar-refractivity contribution in [3.63, 3.8) is 0 Å². The molecule has 0 fully saturated rings. The third-order valence-electron chi connectivity index (χ3n) is 2.81. The molecule has 5 nitrogen and oxygen atoms in total. The summed E-state index contributed by atoms with van der Waals surface area (Å²) >= 11 is 9.27. The first kappa shape index (κ1) is 15.6. The molecule has 0 atom stereocenters. The van der Waals surface area contributed by atoms with Gasteiger partial charge in [-0.05, 0) is 47.1 Å². The van der Waals surface area contributed by atoms with Gasteiger partial charge in [-0.15, -0.1) is 0 Å². The maximum Gasteiger partial charge on any atom is 0.253 e. The van der Waals surface area contributed by atoms with Crippen LogP contribution in [0, 0.1) is 6.92 Å². The topological polar surface area (TPSA) is 77.1 Å². The minimum absolute atomic E-state index is 0.107. The van der Waals surface area contributed by atoms with Crippen LogP contribution in [0.3, 0.4) is 0 Å². The van der Waals surface area contributed by atoms with E-state index in [9.17, 15) is 9.59 Å². The molecule has 1 heterocycles. The zero-order valence-corrected chi connectivity index (χ0v) is 13.5. The second-order valence-electron chi connectivity index (χ2n) is 4.56. The maximum atomic E-state index is 12.0. The van der Waals surface area contributed by atoms with Crippen LogP contribution in [-0.2, 0) is 11.3 Å². The first-order chi connectivity index (χ1) is 9.86. The van der Waals surface area contributed by atoms with Crippen LogP contribution < -0.4 is 16.6 Å². The first-order valence-corrected chi connectivity index (χ1v) is 7.25. The highest BCUT2D eigenvalue weighted by atomic mass is 79.9. The molecule has 1 aromatic heterocycles. The molecule has 0 bridgehead atoms. The van der Waals surface area contributed by atoms with Crippen molar-refractivity contribution in [1.29, 1.82) is 0 Å². The number of benzene rings is 1. The minimum atomic E-state index is -0.359. The lowest BCUT2D eigenvalue weighted by atomic mass is 10.2. The summed E-state index contributed by atoms with van der Waals surface area (Å²) in [5, 5.41) is 3.02. The summed E-state index contributed by atoms with van der Waals surface area (Å²) in [4.78, 5) is 24.0. The highest BCUT2D eigenvalue weighted by molar-refractivity contribution is 9.10. The smallest absolute Gasteiger partial charge is 0.253 e. The highest BCUT2D eigenvalue weighted by Gasteiger charge is 2.09. The predicted octanol–water partition coefficient (Wildman–Crippen LogP) is 2.79. The summed E-state index contributed by atoms with van der Waals surface area (Å²) in [5.41, 5.74) is 6.90. The number of aromatic nitrogens is 1. The van der Waals surface area contributed by atoms with Crippen molar-refractivity contribution in [3.05, 3.63) is 55.9 Å². The Hall–Kier alpha value is -1.79. The Kier molecular flexibility index (Phi) is 4.69. The Morgan fingerprint density at radius 2 is 2.14 bits per heavy atom. The molecular formula is C14H13BrClN3O2. The van der Waals surface area contributed by atoms with Gasteiger partial charge >= 0.3 is 0 Å². The Bertz CT molecular complexity index is 758. The molecule has 0 unspecified atom stereocenters. The summed E-state index contributed by atoms with van der Waals surface area (Å²) in [7, 11) is 0. The van der Waals surface area contributed by atoms with Crippen LogP contribution in [0.4, 0.5) is 11.4 Å². The Morgan fingerprint density at radius 1 is 1.43 bits per heavy atom. The lowest BCUT2D eigenvalue weighted by Gasteiger charge is -2.10. The first-order valence-electron chi connectivity index (χ1n) is 6.08. The number of pyridine rings is 1. The van der Waals surface area contributed by atoms with E-state index >= 15 is 0 Å². The Labute approximate surface area is 134 Å². The number of rotatable bonds is 3. The average Bonchev–Trinajstić information content (AvgIpc) is 2.39. The van der Waals surface area contributed by atoms with Crippen LogP contribution in [0.1, 0.15) is 5.56 Å². The van der Waals surface area contributed by atoms with Crippen LogP contribution in [-0.4, -0.2) is 10.5 Å². The molecule has 0 spiro atoms. The summed E-state index contributed by atoms with van der Waals surface area (Å²) < 4.78 is 2.06. The number of halogens is 2. The van der Waals surface area contributed by atoms with E-state index in [0.717, 1.165) is 4.47 Å². The number of anilines is 2. The number of hydrogen-bond acceptors (Lipinski definition) is 3. The molecule has 0 aliphatic heterocycles. The van der Waals surface area contributed by atoms with E-state index in [0.29, 0.717) is 22.0 Å². The molecule has 1 aromatic carbocycles. The molecule has 0 saturated heterocycles. The third-order valence-corrected chi connectivity index (χ3v) is 3.57. The second kappa shape index (κ2) is 6.32. The molecule has 1 amide bonds. The SMILES string of the molecule is Cc1cc(Br)cn(CC(=O)Nc2cc(N)ccc2Cl)c1=O. The fourth-order valence-corrected chi connectivity index (χ4v) is 2.60. The van der Waals surface area contributed by atoms with Crippen molar-refractivity contribution in [2.45, 2.75) is 13.5 Å². The number of hydrogen-bond donors (Lipinski definition) is 2. The Morgan fingerprint density at radius 3 is 2.86 bits per heavy atom. The lowest BCUT2D eigenvalue weighted by Crippen LogP contribution is -2.28. The predicted molar refractivity (Wildman–Crippen MR) is 87.6 cm³/mol. The molecule has 0 aliphatic rings. The molecule has 110 valence electrons. The van der Waals surface area contributed by atoms with Gasteiger partial charge in [0.05, 0.1) is 10.7 Å². The summed E-state index contributed by atoms with van der Waals surface area (Å²) in [6, 6.07) is 6.50. The van der Waals surface area contributed by atoms with E-state index in [-0.39, 0.29) is 18.0 Å². The standard InChI is InChI=1S/C14H13BrClN3O2/c1-8-4-9(15)6-19(14(8)21)7-13(20)18-12-5-10(17)2-3-11(12)16/h2-6H,7,17H2,1H3,(H,18,20). The summed E-state index contributed by atoms with van der Waals surface area (Å²) in [6.45, 7) is 1.58. The van der Waals surface area contributed by atoms with Gasteiger partial charge in [-0.2, -0.15) is 0 Å². The molecule has 2 aromatic rings. The molecule has 21 heavy (non-hydrogen) atoms. The number of nitrogen functional groups attached to an aromatic ring is 1. The molecule has 7 heteroatoms. The van der Waals surface area contributed by atoms with Crippen molar-refractivity contribution in [1.82, 2.24) is 4.57 Å². The molecular weight excluding hydrogens is 358 g/mol. The van der Waals surface area contributed by atoms with Crippen molar-refractivity contribution in [3.8, 4) is 0 Å². The summed E-state index contributed by atoms with van der Waals surface area (Å²) in [6.07, 6.45) is 1.57. The van der Waals surface area contributed by atoms with Crippen LogP contribution in [0.15, 0.2) is 39.7 Å². The van der Waals surface area contributed by atoms with Gasteiger partial charge < -0.3 is 15.6 Å². The quantitative estimate of drug-likeness (QED) is 0.816. The second-order valence-corrected chi connectivity index (χ2v) is 5.88. The lowest BCUT2D eigenvalue weighted by molar-refractivity contribution is -0.116. The van der Waals surface area contributed by atoms with E-state index in [1.165, 1.54) is 4.57 Å². The van der Waals surface area contributed by atoms with Gasteiger partial charge in [-0.25, -0.2) is 0 Å². The zero-order valence-electron chi connectivity index (χ0n) is 11.2. The van der Waals surface area contributed by atoms with Gasteiger partial charge in [0.1, 0.15) is 6.54 Å². The summed E-state index contributed by atoms with van der Waals surface area (Å²) in [5.74, 6) is -0.359. The normalized spacial score (nSPS) is 10.4. The number of nitrogens with one attached hydrogen (secondary N) is 1. The molecule has 0 aliphatic carbocycles. The number of carbonyl (C=O) groups excluding carboxylic acids is 1. The monoisotopic (exact) mass is 369 g/mol. The Balaban J connectivity index is 2.19. The number of nitrogens with zero attached hydrogens (tertiary/aromatic N) is 1. The number of nitrogens with two attached hydrogens (primary N) is 1.